The minimum absolute atomic E-state index is 0.341. The highest BCUT2D eigenvalue weighted by Gasteiger charge is 2.14. The van der Waals surface area contributed by atoms with Crippen LogP contribution in [-0.2, 0) is 9.63 Å². The van der Waals surface area contributed by atoms with Gasteiger partial charge in [-0.15, -0.1) is 0 Å². The molecule has 1 fully saturated rings. The third kappa shape index (κ3) is 2.48. The highest BCUT2D eigenvalue weighted by Crippen LogP contribution is 2.06. The molecule has 1 aliphatic rings. The number of hydrogen-bond acceptors (Lipinski definition) is 3. The van der Waals surface area contributed by atoms with Crippen molar-refractivity contribution in [3.8, 4) is 0 Å². The summed E-state index contributed by atoms with van der Waals surface area (Å²) in [6, 6.07) is 0. The van der Waals surface area contributed by atoms with Crippen molar-refractivity contribution in [1.29, 1.82) is 0 Å². The third-order valence-electron chi connectivity index (χ3n) is 1.67. The molecule has 0 bridgehead atoms. The lowest BCUT2D eigenvalue weighted by Gasteiger charge is -2.17. The fraction of sp³-hybridized carbons (Fsp3) is 0.857. The van der Waals surface area contributed by atoms with E-state index in [9.17, 15) is 4.79 Å². The molecule has 4 nitrogen and oxygen atoms in total. The van der Waals surface area contributed by atoms with Gasteiger partial charge in [-0.2, -0.15) is 0 Å². The second-order valence-corrected chi connectivity index (χ2v) is 2.55. The number of aliphatic hydroxyl groups is 1. The molecule has 0 aliphatic carbocycles. The highest BCUT2D eigenvalue weighted by atomic mass is 16.7. The monoisotopic (exact) mass is 159 g/mol. The second kappa shape index (κ2) is 4.31. The molecular weight excluding hydrogens is 146 g/mol. The first-order valence-electron chi connectivity index (χ1n) is 3.88. The number of hydrogen-bond donors (Lipinski definition) is 1. The standard InChI is InChI=1S/C7H13NO3/c9-6-7(10)8-4-2-1-3-5-11-8/h9H,1-6H2. The van der Waals surface area contributed by atoms with Crippen LogP contribution < -0.4 is 0 Å². The van der Waals surface area contributed by atoms with E-state index in [-0.39, 0.29) is 5.91 Å². The van der Waals surface area contributed by atoms with E-state index < -0.39 is 6.61 Å². The summed E-state index contributed by atoms with van der Waals surface area (Å²) < 4.78 is 0. The first kappa shape index (κ1) is 8.49. The van der Waals surface area contributed by atoms with E-state index in [1.807, 2.05) is 0 Å². The second-order valence-electron chi connectivity index (χ2n) is 2.55. The number of carbonyl (C=O) groups is 1. The van der Waals surface area contributed by atoms with Crippen molar-refractivity contribution in [2.45, 2.75) is 19.3 Å². The van der Waals surface area contributed by atoms with Crippen LogP contribution in [0.1, 0.15) is 19.3 Å². The van der Waals surface area contributed by atoms with E-state index >= 15 is 0 Å². The van der Waals surface area contributed by atoms with Gasteiger partial charge < -0.3 is 5.11 Å². The molecule has 64 valence electrons. The van der Waals surface area contributed by atoms with Crippen LogP contribution in [0.25, 0.3) is 0 Å². The number of aliphatic hydroxyl groups excluding tert-OH is 1. The molecule has 1 saturated heterocycles. The average molecular weight is 159 g/mol. The average Bonchev–Trinajstić information content (AvgIpc) is 2.30. The quantitative estimate of drug-likeness (QED) is 0.582. The normalized spacial score (nSPS) is 19.5. The Hall–Kier alpha value is -0.610. The van der Waals surface area contributed by atoms with E-state index in [2.05, 4.69) is 0 Å². The topological polar surface area (TPSA) is 49.8 Å². The zero-order valence-corrected chi connectivity index (χ0v) is 6.45. The van der Waals surface area contributed by atoms with Gasteiger partial charge in [0.2, 0.25) is 0 Å². The third-order valence-corrected chi connectivity index (χ3v) is 1.67. The molecular formula is C7H13NO3. The van der Waals surface area contributed by atoms with Crippen molar-refractivity contribution in [3.63, 3.8) is 0 Å². The predicted octanol–water partition coefficient (Wildman–Crippen LogP) is -0.0772. The molecule has 0 aromatic carbocycles. The Balaban J connectivity index is 2.36. The van der Waals surface area contributed by atoms with Gasteiger partial charge in [-0.05, 0) is 19.3 Å². The summed E-state index contributed by atoms with van der Waals surface area (Å²) >= 11 is 0. The minimum Gasteiger partial charge on any atom is -0.386 e. The molecule has 0 saturated carbocycles. The number of nitrogens with zero attached hydrogens (tertiary/aromatic N) is 1. The fourth-order valence-corrected chi connectivity index (χ4v) is 1.05. The van der Waals surface area contributed by atoms with Gasteiger partial charge >= 0.3 is 0 Å². The van der Waals surface area contributed by atoms with Crippen LogP contribution in [0.4, 0.5) is 0 Å². The maximum absolute atomic E-state index is 10.9. The highest BCUT2D eigenvalue weighted by molar-refractivity contribution is 5.76. The van der Waals surface area contributed by atoms with E-state index in [1.54, 1.807) is 0 Å². The molecule has 1 rings (SSSR count). The summed E-state index contributed by atoms with van der Waals surface area (Å²) in [5.41, 5.74) is 0. The Kier molecular flexibility index (Phi) is 3.32. The van der Waals surface area contributed by atoms with Crippen LogP contribution in [0.2, 0.25) is 0 Å². The largest absolute Gasteiger partial charge is 0.386 e. The molecule has 1 amide bonds. The fourth-order valence-electron chi connectivity index (χ4n) is 1.05. The maximum atomic E-state index is 10.9. The number of amides is 1. The molecule has 11 heavy (non-hydrogen) atoms. The molecule has 0 radical (unpaired) electrons. The van der Waals surface area contributed by atoms with Crippen LogP contribution in [0, 0.1) is 0 Å². The summed E-state index contributed by atoms with van der Waals surface area (Å²) in [5.74, 6) is -0.341. The molecule has 1 aliphatic heterocycles. The van der Waals surface area contributed by atoms with E-state index in [1.165, 1.54) is 5.06 Å². The van der Waals surface area contributed by atoms with Gasteiger partial charge in [0, 0.05) is 6.54 Å². The summed E-state index contributed by atoms with van der Waals surface area (Å²) in [6.45, 7) is 0.741. The first-order chi connectivity index (χ1) is 5.34. The Morgan fingerprint density at radius 1 is 1.45 bits per heavy atom. The Bertz CT molecular complexity index is 130. The lowest BCUT2D eigenvalue weighted by atomic mass is 10.2. The van der Waals surface area contributed by atoms with Crippen molar-refractivity contribution in [2.75, 3.05) is 19.8 Å². The summed E-state index contributed by atoms with van der Waals surface area (Å²) in [7, 11) is 0. The predicted molar refractivity (Wildman–Crippen MR) is 38.6 cm³/mol. The van der Waals surface area contributed by atoms with E-state index in [0.717, 1.165) is 19.3 Å². The smallest absolute Gasteiger partial charge is 0.271 e. The van der Waals surface area contributed by atoms with E-state index in [4.69, 9.17) is 9.94 Å². The van der Waals surface area contributed by atoms with Gasteiger partial charge in [0.05, 0.1) is 6.61 Å². The van der Waals surface area contributed by atoms with Gasteiger partial charge in [0.15, 0.2) is 0 Å². The molecule has 1 heterocycles. The zero-order chi connectivity index (χ0) is 8.10. The van der Waals surface area contributed by atoms with E-state index in [0.29, 0.717) is 13.2 Å². The van der Waals surface area contributed by atoms with Crippen LogP contribution in [0.15, 0.2) is 0 Å². The molecule has 0 atom stereocenters. The maximum Gasteiger partial charge on any atom is 0.271 e. The molecule has 0 aromatic rings. The number of rotatable bonds is 1. The summed E-state index contributed by atoms with van der Waals surface area (Å²) in [4.78, 5) is 15.9. The Morgan fingerprint density at radius 3 is 3.00 bits per heavy atom. The van der Waals surface area contributed by atoms with Crippen molar-refractivity contribution >= 4 is 5.91 Å². The van der Waals surface area contributed by atoms with Gasteiger partial charge in [0.1, 0.15) is 6.61 Å². The lowest BCUT2D eigenvalue weighted by molar-refractivity contribution is -0.186. The van der Waals surface area contributed by atoms with Crippen LogP contribution >= 0.6 is 0 Å². The van der Waals surface area contributed by atoms with Gasteiger partial charge in [-0.3, -0.25) is 9.63 Å². The molecule has 0 aromatic heterocycles. The van der Waals surface area contributed by atoms with Crippen molar-refractivity contribution in [1.82, 2.24) is 5.06 Å². The molecule has 4 heteroatoms. The number of hydroxylamine groups is 2. The minimum atomic E-state index is -0.458. The SMILES string of the molecule is O=C(CO)N1CCCCCO1. The van der Waals surface area contributed by atoms with Gasteiger partial charge in [-0.1, -0.05) is 0 Å². The van der Waals surface area contributed by atoms with Crippen LogP contribution in [0.3, 0.4) is 0 Å². The number of carbonyl (C=O) groups excluding carboxylic acids is 1. The van der Waals surface area contributed by atoms with Crippen molar-refractivity contribution in [2.24, 2.45) is 0 Å². The van der Waals surface area contributed by atoms with Gasteiger partial charge in [0.25, 0.3) is 5.91 Å². The zero-order valence-electron chi connectivity index (χ0n) is 6.45. The summed E-state index contributed by atoms with van der Waals surface area (Å²) in [5, 5.41) is 9.76. The Labute approximate surface area is 65.7 Å². The molecule has 0 spiro atoms. The van der Waals surface area contributed by atoms with Gasteiger partial charge in [-0.25, -0.2) is 5.06 Å². The van der Waals surface area contributed by atoms with Crippen LogP contribution in [0.5, 0.6) is 0 Å². The first-order valence-corrected chi connectivity index (χ1v) is 3.88. The summed E-state index contributed by atoms with van der Waals surface area (Å²) in [6.07, 6.45) is 3.05. The molecule has 0 unspecified atom stereocenters. The van der Waals surface area contributed by atoms with Crippen molar-refractivity contribution < 1.29 is 14.7 Å². The van der Waals surface area contributed by atoms with Crippen molar-refractivity contribution in [3.05, 3.63) is 0 Å². The lowest BCUT2D eigenvalue weighted by Crippen LogP contribution is -2.33. The Morgan fingerprint density at radius 2 is 2.27 bits per heavy atom. The van der Waals surface area contributed by atoms with Crippen LogP contribution in [-0.4, -0.2) is 35.8 Å². The molecule has 1 N–H and O–H groups in total.